The maximum Gasteiger partial charge on any atom is 0.273 e. The maximum absolute atomic E-state index is 12.0. The zero-order chi connectivity index (χ0) is 13.2. The topological polar surface area (TPSA) is 70.7 Å². The number of aromatic amines is 1. The Morgan fingerprint density at radius 3 is 2.95 bits per heavy atom. The highest BCUT2D eigenvalue weighted by Gasteiger charge is 2.10. The number of hydrogen-bond acceptors (Lipinski definition) is 3. The third-order valence-corrected chi connectivity index (χ3v) is 3.13. The molecule has 0 saturated carbocycles. The Morgan fingerprint density at radius 1 is 1.26 bits per heavy atom. The fourth-order valence-corrected chi connectivity index (χ4v) is 2.13. The van der Waals surface area contributed by atoms with Gasteiger partial charge in [0.25, 0.3) is 5.91 Å². The molecule has 1 aromatic carbocycles. The second kappa shape index (κ2) is 4.81. The van der Waals surface area contributed by atoms with Gasteiger partial charge in [-0.1, -0.05) is 22.0 Å². The number of rotatable bonds is 2. The lowest BCUT2D eigenvalue weighted by atomic mass is 10.2. The molecule has 6 heteroatoms. The molecule has 3 rings (SSSR count). The summed E-state index contributed by atoms with van der Waals surface area (Å²) in [6.07, 6.45) is 4.57. The molecule has 19 heavy (non-hydrogen) atoms. The molecule has 0 radical (unpaired) electrons. The zero-order valence-electron chi connectivity index (χ0n) is 9.72. The van der Waals surface area contributed by atoms with Crippen LogP contribution in [0.1, 0.15) is 10.5 Å². The van der Waals surface area contributed by atoms with E-state index in [1.165, 1.54) is 12.4 Å². The van der Waals surface area contributed by atoms with Gasteiger partial charge in [0.1, 0.15) is 5.69 Å². The lowest BCUT2D eigenvalue weighted by molar-refractivity contribution is 0.102. The second-order valence-electron chi connectivity index (χ2n) is 3.96. The fourth-order valence-electron chi connectivity index (χ4n) is 1.77. The summed E-state index contributed by atoms with van der Waals surface area (Å²) in [5.41, 5.74) is 1.39. The van der Waals surface area contributed by atoms with Crippen LogP contribution in [0, 0.1) is 0 Å². The predicted molar refractivity (Wildman–Crippen MR) is 76.0 cm³/mol. The molecule has 0 spiro atoms. The van der Waals surface area contributed by atoms with E-state index in [4.69, 9.17) is 0 Å². The summed E-state index contributed by atoms with van der Waals surface area (Å²) >= 11 is 3.39. The van der Waals surface area contributed by atoms with E-state index in [1.54, 1.807) is 12.3 Å². The van der Waals surface area contributed by atoms with E-state index in [0.29, 0.717) is 11.5 Å². The van der Waals surface area contributed by atoms with Crippen LogP contribution >= 0.6 is 15.9 Å². The molecule has 0 aliphatic rings. The number of hydrogen-bond donors (Lipinski definition) is 2. The molecule has 0 bridgehead atoms. The number of anilines is 1. The largest absolute Gasteiger partial charge is 0.350 e. The van der Waals surface area contributed by atoms with E-state index in [9.17, 15) is 4.79 Å². The van der Waals surface area contributed by atoms with Gasteiger partial charge in [-0.25, -0.2) is 4.98 Å². The van der Waals surface area contributed by atoms with Crippen LogP contribution in [0.4, 0.5) is 5.82 Å². The smallest absolute Gasteiger partial charge is 0.273 e. The molecule has 2 N–H and O–H groups in total. The number of halogens is 1. The van der Waals surface area contributed by atoms with Gasteiger partial charge in [0, 0.05) is 27.8 Å². The Labute approximate surface area is 117 Å². The summed E-state index contributed by atoms with van der Waals surface area (Å²) in [5.74, 6) is 0.181. The Kier molecular flexibility index (Phi) is 3.00. The Balaban J connectivity index is 1.89. The monoisotopic (exact) mass is 316 g/mol. The van der Waals surface area contributed by atoms with Gasteiger partial charge in [-0.15, -0.1) is 0 Å². The van der Waals surface area contributed by atoms with Crippen LogP contribution in [0.5, 0.6) is 0 Å². The van der Waals surface area contributed by atoms with Gasteiger partial charge in [0.15, 0.2) is 5.82 Å². The predicted octanol–water partition coefficient (Wildman–Crippen LogP) is 2.97. The summed E-state index contributed by atoms with van der Waals surface area (Å²) in [4.78, 5) is 23.0. The van der Waals surface area contributed by atoms with Gasteiger partial charge in [0.05, 0.1) is 6.20 Å². The number of benzene rings is 1. The lowest BCUT2D eigenvalue weighted by Gasteiger charge is -2.00. The average Bonchev–Trinajstić information content (AvgIpc) is 2.83. The maximum atomic E-state index is 12.0. The molecule has 2 aromatic heterocycles. The van der Waals surface area contributed by atoms with Crippen molar-refractivity contribution in [2.24, 2.45) is 0 Å². The molecule has 0 saturated heterocycles. The van der Waals surface area contributed by atoms with Crippen molar-refractivity contribution >= 4 is 38.6 Å². The fraction of sp³-hybridized carbons (Fsp3) is 0. The summed E-state index contributed by atoms with van der Waals surface area (Å²) in [6.45, 7) is 0. The van der Waals surface area contributed by atoms with Crippen LogP contribution in [0.3, 0.4) is 0 Å². The Morgan fingerprint density at radius 2 is 2.16 bits per heavy atom. The molecular weight excluding hydrogens is 308 g/mol. The van der Waals surface area contributed by atoms with Crippen LogP contribution < -0.4 is 5.32 Å². The first kappa shape index (κ1) is 11.9. The minimum atomic E-state index is -0.243. The minimum Gasteiger partial charge on any atom is -0.350 e. The molecular formula is C13H9BrN4O. The standard InChI is InChI=1S/C13H9BrN4O/c14-9-2-1-8-5-11(17-10(8)6-9)13(19)18-12-7-15-3-4-16-12/h1-7,17H,(H,16,18,19). The van der Waals surface area contributed by atoms with Crippen molar-refractivity contribution in [2.75, 3.05) is 5.32 Å². The first-order valence-electron chi connectivity index (χ1n) is 5.58. The normalized spacial score (nSPS) is 10.6. The molecule has 5 nitrogen and oxygen atoms in total. The number of fused-ring (bicyclic) bond motifs is 1. The molecule has 0 aliphatic heterocycles. The summed E-state index contributed by atoms with van der Waals surface area (Å²) in [7, 11) is 0. The van der Waals surface area contributed by atoms with Crippen LogP contribution in [0.2, 0.25) is 0 Å². The molecule has 3 aromatic rings. The number of carbonyl (C=O) groups is 1. The van der Waals surface area contributed by atoms with E-state index in [1.807, 2.05) is 18.2 Å². The van der Waals surface area contributed by atoms with Crippen molar-refractivity contribution < 1.29 is 4.79 Å². The van der Waals surface area contributed by atoms with Gasteiger partial charge >= 0.3 is 0 Å². The number of nitrogens with zero attached hydrogens (tertiary/aromatic N) is 2. The van der Waals surface area contributed by atoms with E-state index in [2.05, 4.69) is 36.2 Å². The summed E-state index contributed by atoms with van der Waals surface area (Å²) < 4.78 is 0.961. The van der Waals surface area contributed by atoms with Gasteiger partial charge in [-0.2, -0.15) is 0 Å². The van der Waals surface area contributed by atoms with Gasteiger partial charge in [0.2, 0.25) is 0 Å². The second-order valence-corrected chi connectivity index (χ2v) is 4.88. The van der Waals surface area contributed by atoms with E-state index in [-0.39, 0.29) is 5.91 Å². The lowest BCUT2D eigenvalue weighted by Crippen LogP contribution is -2.13. The van der Waals surface area contributed by atoms with E-state index in [0.717, 1.165) is 15.4 Å². The van der Waals surface area contributed by atoms with Crippen molar-refractivity contribution in [3.63, 3.8) is 0 Å². The number of amides is 1. The van der Waals surface area contributed by atoms with Crippen molar-refractivity contribution in [3.8, 4) is 0 Å². The third kappa shape index (κ3) is 2.48. The minimum absolute atomic E-state index is 0.243. The van der Waals surface area contributed by atoms with E-state index < -0.39 is 0 Å². The van der Waals surface area contributed by atoms with Crippen molar-refractivity contribution in [3.05, 3.63) is 53.0 Å². The van der Waals surface area contributed by atoms with E-state index >= 15 is 0 Å². The molecule has 0 aliphatic carbocycles. The number of aromatic nitrogens is 3. The summed E-state index contributed by atoms with van der Waals surface area (Å²) in [5, 5.41) is 3.66. The molecule has 0 fully saturated rings. The number of H-pyrrole nitrogens is 1. The average molecular weight is 317 g/mol. The quantitative estimate of drug-likeness (QED) is 0.763. The van der Waals surface area contributed by atoms with Gasteiger partial charge < -0.3 is 10.3 Å². The molecule has 0 unspecified atom stereocenters. The van der Waals surface area contributed by atoms with Gasteiger partial charge in [-0.05, 0) is 18.2 Å². The Hall–Kier alpha value is -2.21. The zero-order valence-corrected chi connectivity index (χ0v) is 11.3. The van der Waals surface area contributed by atoms with Crippen LogP contribution in [0.15, 0.2) is 47.3 Å². The molecule has 94 valence electrons. The first-order chi connectivity index (χ1) is 9.22. The summed E-state index contributed by atoms with van der Waals surface area (Å²) in [6, 6.07) is 7.59. The van der Waals surface area contributed by atoms with Crippen LogP contribution in [-0.2, 0) is 0 Å². The highest BCUT2D eigenvalue weighted by Crippen LogP contribution is 2.20. The van der Waals surface area contributed by atoms with Crippen LogP contribution in [0.25, 0.3) is 10.9 Å². The first-order valence-corrected chi connectivity index (χ1v) is 6.37. The molecule has 0 atom stereocenters. The Bertz CT molecular complexity index is 739. The van der Waals surface area contributed by atoms with Crippen molar-refractivity contribution in [1.29, 1.82) is 0 Å². The SMILES string of the molecule is O=C(Nc1cnccn1)c1cc2ccc(Br)cc2[nH]1. The molecule has 1 amide bonds. The highest BCUT2D eigenvalue weighted by molar-refractivity contribution is 9.10. The van der Waals surface area contributed by atoms with Crippen LogP contribution in [-0.4, -0.2) is 20.9 Å². The number of nitrogens with one attached hydrogen (secondary N) is 2. The van der Waals surface area contributed by atoms with Gasteiger partial charge in [-0.3, -0.25) is 9.78 Å². The highest BCUT2D eigenvalue weighted by atomic mass is 79.9. The third-order valence-electron chi connectivity index (χ3n) is 2.63. The van der Waals surface area contributed by atoms with Crippen molar-refractivity contribution in [1.82, 2.24) is 15.0 Å². The molecule has 2 heterocycles. The van der Waals surface area contributed by atoms with Crippen molar-refractivity contribution in [2.45, 2.75) is 0 Å². The number of carbonyl (C=O) groups excluding carboxylic acids is 1.